The Morgan fingerprint density at radius 1 is 1.08 bits per heavy atom. The SMILES string of the molecule is CC1(C)CCC[C@](C)(C#CC[NH+]2CCN(c3ccccc3)CC2)O1. The van der Waals surface area contributed by atoms with E-state index in [9.17, 15) is 0 Å². The molecule has 1 N–H and O–H groups in total. The zero-order valence-electron chi connectivity index (χ0n) is 15.4. The number of para-hydroxylation sites is 1. The number of rotatable bonds is 2. The van der Waals surface area contributed by atoms with Crippen molar-refractivity contribution < 1.29 is 9.64 Å². The van der Waals surface area contributed by atoms with Crippen LogP contribution < -0.4 is 9.80 Å². The molecular formula is C21H31N2O+. The van der Waals surface area contributed by atoms with Gasteiger partial charge >= 0.3 is 0 Å². The predicted octanol–water partition coefficient (Wildman–Crippen LogP) is 2.13. The maximum Gasteiger partial charge on any atom is 0.139 e. The summed E-state index contributed by atoms with van der Waals surface area (Å²) < 4.78 is 6.23. The summed E-state index contributed by atoms with van der Waals surface area (Å²) in [5, 5.41) is 0. The van der Waals surface area contributed by atoms with Gasteiger partial charge in [0.05, 0.1) is 31.8 Å². The Balaban J connectivity index is 1.49. The topological polar surface area (TPSA) is 16.9 Å². The number of hydrogen-bond donors (Lipinski definition) is 1. The molecule has 3 rings (SSSR count). The van der Waals surface area contributed by atoms with Crippen molar-refractivity contribution in [2.75, 3.05) is 37.6 Å². The molecule has 0 radical (unpaired) electrons. The van der Waals surface area contributed by atoms with Crippen molar-refractivity contribution in [3.8, 4) is 11.8 Å². The second-order valence-corrected chi connectivity index (χ2v) is 8.00. The van der Waals surface area contributed by atoms with E-state index >= 15 is 0 Å². The van der Waals surface area contributed by atoms with Crippen LogP contribution in [0.5, 0.6) is 0 Å². The standard InChI is InChI=1S/C21H30N2O/c1-20(2)11-7-12-21(3,24-20)13-8-14-22-15-17-23(18-16-22)19-9-5-4-6-10-19/h4-6,9-10H,7,11-12,14-18H2,1-3H3/p+1/t21-/m1/s1. The summed E-state index contributed by atoms with van der Waals surface area (Å²) in [5.41, 5.74) is 1.05. The van der Waals surface area contributed by atoms with Crippen molar-refractivity contribution in [2.45, 2.75) is 51.2 Å². The summed E-state index contributed by atoms with van der Waals surface area (Å²) in [6, 6.07) is 10.7. The molecule has 2 aliphatic rings. The molecule has 3 heteroatoms. The minimum absolute atomic E-state index is 0.0319. The number of nitrogens with zero attached hydrogens (tertiary/aromatic N) is 1. The Morgan fingerprint density at radius 2 is 1.79 bits per heavy atom. The molecule has 130 valence electrons. The molecule has 0 bridgehead atoms. The fourth-order valence-corrected chi connectivity index (χ4v) is 3.90. The number of anilines is 1. The molecule has 2 aliphatic heterocycles. The van der Waals surface area contributed by atoms with E-state index in [0.29, 0.717) is 0 Å². The van der Waals surface area contributed by atoms with Crippen molar-refractivity contribution in [1.29, 1.82) is 0 Å². The smallest absolute Gasteiger partial charge is 0.139 e. The Labute approximate surface area is 147 Å². The van der Waals surface area contributed by atoms with Crippen molar-refractivity contribution in [2.24, 2.45) is 0 Å². The van der Waals surface area contributed by atoms with Gasteiger partial charge in [0.2, 0.25) is 0 Å². The molecule has 3 nitrogen and oxygen atoms in total. The van der Waals surface area contributed by atoms with Crippen LogP contribution in [-0.4, -0.2) is 43.9 Å². The first-order valence-electron chi connectivity index (χ1n) is 9.30. The van der Waals surface area contributed by atoms with E-state index in [1.54, 1.807) is 4.90 Å². The third-order valence-electron chi connectivity index (χ3n) is 5.22. The van der Waals surface area contributed by atoms with E-state index in [0.717, 1.165) is 45.6 Å². The number of quaternary nitrogens is 1. The molecule has 2 saturated heterocycles. The largest absolute Gasteiger partial charge is 0.360 e. The zero-order chi connectivity index (χ0) is 17.0. The van der Waals surface area contributed by atoms with Crippen molar-refractivity contribution in [3.05, 3.63) is 30.3 Å². The van der Waals surface area contributed by atoms with Crippen molar-refractivity contribution in [3.63, 3.8) is 0 Å². The summed E-state index contributed by atoms with van der Waals surface area (Å²) in [6.45, 7) is 12.0. The van der Waals surface area contributed by atoms with E-state index in [1.807, 2.05) is 0 Å². The first kappa shape index (κ1) is 17.3. The lowest BCUT2D eigenvalue weighted by Crippen LogP contribution is -3.14. The summed E-state index contributed by atoms with van der Waals surface area (Å²) in [7, 11) is 0. The monoisotopic (exact) mass is 327 g/mol. The van der Waals surface area contributed by atoms with Crippen LogP contribution in [0.1, 0.15) is 40.0 Å². The highest BCUT2D eigenvalue weighted by Crippen LogP contribution is 2.34. The molecular weight excluding hydrogens is 296 g/mol. The van der Waals surface area contributed by atoms with E-state index < -0.39 is 0 Å². The number of benzene rings is 1. The van der Waals surface area contributed by atoms with Crippen LogP contribution in [0.15, 0.2) is 30.3 Å². The highest BCUT2D eigenvalue weighted by atomic mass is 16.5. The van der Waals surface area contributed by atoms with Gasteiger partial charge in [-0.15, -0.1) is 0 Å². The molecule has 1 aromatic rings. The van der Waals surface area contributed by atoms with Crippen LogP contribution in [0.3, 0.4) is 0 Å². The highest BCUT2D eigenvalue weighted by Gasteiger charge is 2.36. The molecule has 1 aromatic carbocycles. The van der Waals surface area contributed by atoms with Crippen molar-refractivity contribution >= 4 is 5.69 Å². The summed E-state index contributed by atoms with van der Waals surface area (Å²) >= 11 is 0. The van der Waals surface area contributed by atoms with Crippen molar-refractivity contribution in [1.82, 2.24) is 0 Å². The molecule has 0 aliphatic carbocycles. The Bertz CT molecular complexity index is 593. The second-order valence-electron chi connectivity index (χ2n) is 8.00. The minimum Gasteiger partial charge on any atom is -0.360 e. The van der Waals surface area contributed by atoms with Gasteiger partial charge < -0.3 is 14.5 Å². The quantitative estimate of drug-likeness (QED) is 0.838. The number of hydrogen-bond acceptors (Lipinski definition) is 2. The van der Waals surface area contributed by atoms with Crippen LogP contribution in [0.25, 0.3) is 0 Å². The molecule has 0 aromatic heterocycles. The fraction of sp³-hybridized carbons (Fsp3) is 0.619. The Hall–Kier alpha value is -1.50. The summed E-state index contributed by atoms with van der Waals surface area (Å²) in [4.78, 5) is 4.07. The Morgan fingerprint density at radius 3 is 2.46 bits per heavy atom. The van der Waals surface area contributed by atoms with Gasteiger partial charge in [0.25, 0.3) is 0 Å². The number of ether oxygens (including phenoxy) is 1. The van der Waals surface area contributed by atoms with Gasteiger partial charge in [0, 0.05) is 5.69 Å². The number of piperazine rings is 1. The lowest BCUT2D eigenvalue weighted by atomic mass is 9.88. The van der Waals surface area contributed by atoms with Gasteiger partial charge in [-0.1, -0.05) is 24.1 Å². The highest BCUT2D eigenvalue weighted by molar-refractivity contribution is 5.46. The van der Waals surface area contributed by atoms with Crippen LogP contribution in [-0.2, 0) is 4.74 Å². The van der Waals surface area contributed by atoms with E-state index in [4.69, 9.17) is 4.74 Å². The molecule has 0 saturated carbocycles. The Kier molecular flexibility index (Phi) is 5.18. The summed E-state index contributed by atoms with van der Waals surface area (Å²) in [5.74, 6) is 6.86. The molecule has 0 amide bonds. The third-order valence-corrected chi connectivity index (χ3v) is 5.22. The van der Waals surface area contributed by atoms with Gasteiger partial charge in [-0.3, -0.25) is 0 Å². The van der Waals surface area contributed by atoms with Gasteiger partial charge in [-0.05, 0) is 58.1 Å². The van der Waals surface area contributed by atoms with E-state index in [-0.39, 0.29) is 11.2 Å². The molecule has 2 heterocycles. The van der Waals surface area contributed by atoms with Gasteiger partial charge in [-0.2, -0.15) is 0 Å². The maximum absolute atomic E-state index is 6.23. The van der Waals surface area contributed by atoms with Crippen LogP contribution in [0.2, 0.25) is 0 Å². The van der Waals surface area contributed by atoms with E-state index in [2.05, 4.69) is 67.8 Å². The maximum atomic E-state index is 6.23. The first-order valence-corrected chi connectivity index (χ1v) is 9.30. The predicted molar refractivity (Wildman–Crippen MR) is 99.4 cm³/mol. The van der Waals surface area contributed by atoms with Gasteiger partial charge in [0.1, 0.15) is 12.1 Å². The first-order chi connectivity index (χ1) is 11.5. The molecule has 1 atom stereocenters. The van der Waals surface area contributed by atoms with E-state index in [1.165, 1.54) is 12.1 Å². The minimum atomic E-state index is -0.257. The van der Waals surface area contributed by atoms with Crippen LogP contribution in [0.4, 0.5) is 5.69 Å². The van der Waals surface area contributed by atoms with Crippen LogP contribution >= 0.6 is 0 Å². The normalized spacial score (nSPS) is 27.4. The average molecular weight is 327 g/mol. The lowest BCUT2D eigenvalue weighted by molar-refractivity contribution is -0.893. The molecule has 24 heavy (non-hydrogen) atoms. The van der Waals surface area contributed by atoms with Crippen LogP contribution in [0, 0.1) is 11.8 Å². The average Bonchev–Trinajstić information content (AvgIpc) is 2.55. The second kappa shape index (κ2) is 7.17. The molecule has 0 spiro atoms. The molecule has 2 fully saturated rings. The third kappa shape index (κ3) is 4.53. The zero-order valence-corrected chi connectivity index (χ0v) is 15.4. The molecule has 0 unspecified atom stereocenters. The number of nitrogens with one attached hydrogen (secondary N) is 1. The fourth-order valence-electron chi connectivity index (χ4n) is 3.90. The lowest BCUT2D eigenvalue weighted by Gasteiger charge is -2.40. The summed E-state index contributed by atoms with van der Waals surface area (Å²) in [6.07, 6.45) is 3.40. The van der Waals surface area contributed by atoms with Gasteiger partial charge in [0.15, 0.2) is 0 Å². The van der Waals surface area contributed by atoms with Gasteiger partial charge in [-0.25, -0.2) is 0 Å².